The molecule has 0 aromatic carbocycles. The summed E-state index contributed by atoms with van der Waals surface area (Å²) in [7, 11) is 0. The number of carboxylic acid groups (broad SMARTS) is 1. The average Bonchev–Trinajstić information content (AvgIpc) is 3.25. The van der Waals surface area contributed by atoms with E-state index >= 15 is 0 Å². The molecule has 0 aliphatic rings. The Balaban J connectivity index is 1.98. The molecular weight excluding hydrogens is 420 g/mol. The van der Waals surface area contributed by atoms with Crippen molar-refractivity contribution in [1.29, 1.82) is 0 Å². The van der Waals surface area contributed by atoms with Crippen molar-refractivity contribution in [3.05, 3.63) is 18.2 Å². The first-order valence-electron chi connectivity index (χ1n) is 12.8. The van der Waals surface area contributed by atoms with Crippen LogP contribution in [0.1, 0.15) is 115 Å². The Morgan fingerprint density at radius 3 is 1.88 bits per heavy atom. The second-order valence-corrected chi connectivity index (χ2v) is 8.97. The highest BCUT2D eigenvalue weighted by atomic mass is 16.4. The van der Waals surface area contributed by atoms with Crippen LogP contribution in [0.5, 0.6) is 0 Å². The summed E-state index contributed by atoms with van der Waals surface area (Å²) in [6, 6.07) is -1.67. The maximum atomic E-state index is 12.1. The van der Waals surface area contributed by atoms with Gasteiger partial charge in [-0.3, -0.25) is 19.5 Å². The van der Waals surface area contributed by atoms with Crippen molar-refractivity contribution in [2.24, 2.45) is 5.73 Å². The van der Waals surface area contributed by atoms with E-state index < -0.39 is 18.0 Å². The van der Waals surface area contributed by atoms with E-state index in [2.05, 4.69) is 17.2 Å². The molecule has 0 aliphatic heterocycles. The lowest BCUT2D eigenvalue weighted by atomic mass is 10.0. The van der Waals surface area contributed by atoms with E-state index in [0.29, 0.717) is 12.1 Å². The van der Waals surface area contributed by atoms with Crippen LogP contribution in [0.15, 0.2) is 12.5 Å². The average molecular weight is 465 g/mol. The first kappa shape index (κ1) is 28.8. The maximum Gasteiger partial charge on any atom is 0.333 e. The van der Waals surface area contributed by atoms with Crippen LogP contribution in [0.25, 0.3) is 0 Å². The lowest BCUT2D eigenvalue weighted by Gasteiger charge is -2.05. The Hall–Kier alpha value is -2.22. The third-order valence-corrected chi connectivity index (χ3v) is 5.87. The molecule has 0 bridgehead atoms. The summed E-state index contributed by atoms with van der Waals surface area (Å²) in [5.41, 5.74) is 5.84. The van der Waals surface area contributed by atoms with Crippen molar-refractivity contribution >= 4 is 17.9 Å². The zero-order valence-electron chi connectivity index (χ0n) is 20.4. The molecule has 1 aromatic rings. The Morgan fingerprint density at radius 2 is 1.39 bits per heavy atom. The van der Waals surface area contributed by atoms with Gasteiger partial charge >= 0.3 is 12.0 Å². The highest BCUT2D eigenvalue weighted by Crippen LogP contribution is 2.13. The number of carbonyl (C=O) groups excluding carboxylic acids is 2. The fourth-order valence-corrected chi connectivity index (χ4v) is 3.80. The van der Waals surface area contributed by atoms with Crippen LogP contribution in [0.2, 0.25) is 0 Å². The molecule has 2 amide bonds. The van der Waals surface area contributed by atoms with E-state index in [1.165, 1.54) is 89.6 Å². The van der Waals surface area contributed by atoms with E-state index in [1.54, 1.807) is 0 Å². The minimum atomic E-state index is -1.13. The second kappa shape index (κ2) is 18.2. The summed E-state index contributed by atoms with van der Waals surface area (Å²) in [5, 5.41) is 11.2. The van der Waals surface area contributed by atoms with Gasteiger partial charge in [0.2, 0.25) is 5.91 Å². The first-order chi connectivity index (χ1) is 15.9. The van der Waals surface area contributed by atoms with Crippen LogP contribution in [-0.4, -0.2) is 38.6 Å². The molecule has 8 heteroatoms. The minimum Gasteiger partial charge on any atom is -0.480 e. The van der Waals surface area contributed by atoms with Crippen molar-refractivity contribution in [3.8, 4) is 0 Å². The Kier molecular flexibility index (Phi) is 15.9. The van der Waals surface area contributed by atoms with Gasteiger partial charge in [-0.05, 0) is 6.42 Å². The van der Waals surface area contributed by atoms with Gasteiger partial charge in [0.1, 0.15) is 12.4 Å². The summed E-state index contributed by atoms with van der Waals surface area (Å²) < 4.78 is 1.13. The molecule has 0 saturated carbocycles. The van der Waals surface area contributed by atoms with E-state index in [9.17, 15) is 14.4 Å². The van der Waals surface area contributed by atoms with E-state index in [-0.39, 0.29) is 12.3 Å². The first-order valence-corrected chi connectivity index (χ1v) is 12.8. The highest BCUT2D eigenvalue weighted by Gasteiger charge is 2.16. The van der Waals surface area contributed by atoms with Crippen LogP contribution in [0, 0.1) is 0 Å². The Morgan fingerprint density at radius 1 is 0.909 bits per heavy atom. The second-order valence-electron chi connectivity index (χ2n) is 8.97. The summed E-state index contributed by atoms with van der Waals surface area (Å²) >= 11 is 0. The van der Waals surface area contributed by atoms with Crippen molar-refractivity contribution in [2.75, 3.05) is 0 Å². The van der Waals surface area contributed by atoms with Crippen LogP contribution in [0.4, 0.5) is 4.79 Å². The number of nitrogens with zero attached hydrogens (tertiary/aromatic N) is 2. The predicted octanol–water partition coefficient (Wildman–Crippen LogP) is 5.18. The molecule has 0 fully saturated rings. The quantitative estimate of drug-likeness (QED) is 0.242. The van der Waals surface area contributed by atoms with Crippen LogP contribution >= 0.6 is 0 Å². The molecule has 0 spiro atoms. The number of hydrogen-bond acceptors (Lipinski definition) is 5. The largest absolute Gasteiger partial charge is 0.480 e. The number of amides is 2. The topological polar surface area (TPSA) is 127 Å². The van der Waals surface area contributed by atoms with E-state index in [1.807, 2.05) is 0 Å². The number of nitrogens with one attached hydrogen (secondary N) is 1. The van der Waals surface area contributed by atoms with Gasteiger partial charge in [-0.15, -0.1) is 0 Å². The number of carbonyl (C=O) groups is 3. The van der Waals surface area contributed by atoms with Crippen molar-refractivity contribution < 1.29 is 19.5 Å². The van der Waals surface area contributed by atoms with Gasteiger partial charge in [0, 0.05) is 19.0 Å². The molecule has 0 unspecified atom stereocenters. The molecular formula is C25H44N4O4. The summed E-state index contributed by atoms with van der Waals surface area (Å²) in [4.78, 5) is 38.8. The van der Waals surface area contributed by atoms with Gasteiger partial charge in [-0.25, -0.2) is 9.78 Å². The van der Waals surface area contributed by atoms with Crippen LogP contribution in [-0.2, 0) is 16.0 Å². The summed E-state index contributed by atoms with van der Waals surface area (Å²) in [5.74, 6) is -1.44. The lowest BCUT2D eigenvalue weighted by Crippen LogP contribution is -2.33. The standard InChI is InChI=1S/C25H44N4O4/c1-2-3-4-5-6-7-8-9-10-11-12-13-14-15-16-17-23(30)28-25(33)29-19-21(27-20-29)18-22(26)24(31)32/h19-20,22H,2-18,26H2,1H3,(H,31,32)(H,28,30,33)/t22-/m0/s1. The molecule has 8 nitrogen and oxygen atoms in total. The lowest BCUT2D eigenvalue weighted by molar-refractivity contribution is -0.138. The molecule has 1 rings (SSSR count). The number of nitrogens with two attached hydrogens (primary N) is 1. The monoisotopic (exact) mass is 464 g/mol. The predicted molar refractivity (Wildman–Crippen MR) is 130 cm³/mol. The fourth-order valence-electron chi connectivity index (χ4n) is 3.80. The van der Waals surface area contributed by atoms with Crippen molar-refractivity contribution in [3.63, 3.8) is 0 Å². The van der Waals surface area contributed by atoms with Gasteiger partial charge in [-0.2, -0.15) is 0 Å². The molecule has 33 heavy (non-hydrogen) atoms. The van der Waals surface area contributed by atoms with Gasteiger partial charge in [0.25, 0.3) is 0 Å². The molecule has 1 atom stereocenters. The zero-order chi connectivity index (χ0) is 24.3. The number of rotatable bonds is 19. The molecule has 1 heterocycles. The minimum absolute atomic E-state index is 0.0166. The third kappa shape index (κ3) is 14.5. The van der Waals surface area contributed by atoms with Crippen molar-refractivity contribution in [2.45, 2.75) is 122 Å². The Bertz CT molecular complexity index is 690. The van der Waals surface area contributed by atoms with Crippen molar-refractivity contribution in [1.82, 2.24) is 14.9 Å². The summed E-state index contributed by atoms with van der Waals surface area (Å²) in [6.07, 6.45) is 21.9. The molecule has 0 saturated heterocycles. The Labute approximate surface area is 198 Å². The SMILES string of the molecule is CCCCCCCCCCCCCCCCCC(=O)NC(=O)n1cnc(C[C@H](N)C(=O)O)c1. The smallest absolute Gasteiger partial charge is 0.333 e. The van der Waals surface area contributed by atoms with Gasteiger partial charge in [0.05, 0.1) is 5.69 Å². The van der Waals surface area contributed by atoms with Crippen LogP contribution < -0.4 is 11.1 Å². The number of imidazole rings is 1. The number of aromatic nitrogens is 2. The van der Waals surface area contributed by atoms with E-state index in [4.69, 9.17) is 10.8 Å². The molecule has 188 valence electrons. The fraction of sp³-hybridized carbons (Fsp3) is 0.760. The highest BCUT2D eigenvalue weighted by molar-refractivity contribution is 5.95. The van der Waals surface area contributed by atoms with Gasteiger partial charge in [0.15, 0.2) is 0 Å². The molecule has 4 N–H and O–H groups in total. The number of hydrogen-bond donors (Lipinski definition) is 3. The number of unbranched alkanes of at least 4 members (excludes halogenated alkanes) is 14. The van der Waals surface area contributed by atoms with E-state index in [0.717, 1.165) is 23.8 Å². The zero-order valence-corrected chi connectivity index (χ0v) is 20.4. The molecule has 0 radical (unpaired) electrons. The number of imide groups is 1. The normalized spacial score (nSPS) is 11.9. The third-order valence-electron chi connectivity index (χ3n) is 5.87. The maximum absolute atomic E-state index is 12.1. The van der Waals surface area contributed by atoms with Crippen LogP contribution in [0.3, 0.4) is 0 Å². The molecule has 0 aliphatic carbocycles. The molecule has 1 aromatic heterocycles. The van der Waals surface area contributed by atoms with Gasteiger partial charge < -0.3 is 10.8 Å². The number of aliphatic carboxylic acids is 1. The summed E-state index contributed by atoms with van der Waals surface area (Å²) in [6.45, 7) is 2.26. The number of carboxylic acids is 1. The van der Waals surface area contributed by atoms with Gasteiger partial charge in [-0.1, -0.05) is 96.8 Å².